The maximum absolute atomic E-state index is 12.4. The lowest BCUT2D eigenvalue weighted by molar-refractivity contribution is -0.163. The zero-order chi connectivity index (χ0) is 29.7. The van der Waals surface area contributed by atoms with Crippen LogP contribution in [0.4, 0.5) is 0 Å². The molecule has 6 heteroatoms. The number of esters is 2. The fourth-order valence-electron chi connectivity index (χ4n) is 6.36. The van der Waals surface area contributed by atoms with Gasteiger partial charge < -0.3 is 18.9 Å². The Labute approximate surface area is 252 Å². The summed E-state index contributed by atoms with van der Waals surface area (Å²) in [6, 6.07) is 16.7. The molecule has 6 nitrogen and oxygen atoms in total. The van der Waals surface area contributed by atoms with E-state index in [1.54, 1.807) is 13.8 Å². The van der Waals surface area contributed by atoms with Gasteiger partial charge in [0.05, 0.1) is 13.2 Å². The predicted octanol–water partition coefficient (Wildman–Crippen LogP) is 8.36. The summed E-state index contributed by atoms with van der Waals surface area (Å²) >= 11 is 0. The Morgan fingerprint density at radius 2 is 1.14 bits per heavy atom. The lowest BCUT2D eigenvalue weighted by Gasteiger charge is -2.28. The van der Waals surface area contributed by atoms with Gasteiger partial charge in [-0.15, -0.1) is 0 Å². The van der Waals surface area contributed by atoms with E-state index in [1.165, 1.54) is 76.2 Å². The fourth-order valence-corrected chi connectivity index (χ4v) is 6.36. The highest BCUT2D eigenvalue weighted by Crippen LogP contribution is 2.35. The summed E-state index contributed by atoms with van der Waals surface area (Å²) in [6.45, 7) is 6.08. The maximum Gasteiger partial charge on any atom is 0.338 e. The largest absolute Gasteiger partial charge is 0.464 e. The molecule has 0 amide bonds. The number of hydrogen-bond acceptors (Lipinski definition) is 6. The Hall–Kier alpha value is -2.70. The zero-order valence-corrected chi connectivity index (χ0v) is 25.9. The van der Waals surface area contributed by atoms with Crippen molar-refractivity contribution in [2.45, 2.75) is 116 Å². The van der Waals surface area contributed by atoms with Crippen molar-refractivity contribution in [3.63, 3.8) is 0 Å². The first-order valence-electron chi connectivity index (χ1n) is 16.4. The van der Waals surface area contributed by atoms with E-state index in [4.69, 9.17) is 18.9 Å². The van der Waals surface area contributed by atoms with Crippen molar-refractivity contribution in [3.8, 4) is 11.1 Å². The molecule has 2 aromatic carbocycles. The van der Waals surface area contributed by atoms with Gasteiger partial charge in [0.25, 0.3) is 0 Å². The molecule has 2 fully saturated rings. The van der Waals surface area contributed by atoms with Crippen LogP contribution in [0.3, 0.4) is 0 Å². The molecule has 1 saturated carbocycles. The van der Waals surface area contributed by atoms with E-state index < -0.39 is 30.4 Å². The van der Waals surface area contributed by atoms with Gasteiger partial charge in [0.2, 0.25) is 0 Å². The SMILES string of the molecule is CCCCCC1CCC(CCCCc2ccc(-c3ccc(C4O[C@@H](C(=O)OCC)[C@H](C(=O)OCC)O4)cc3)cc2)CC1. The van der Waals surface area contributed by atoms with Crippen LogP contribution in [0.5, 0.6) is 0 Å². The zero-order valence-electron chi connectivity index (χ0n) is 25.9. The summed E-state index contributed by atoms with van der Waals surface area (Å²) in [5.74, 6) is 0.689. The van der Waals surface area contributed by atoms with Crippen molar-refractivity contribution in [3.05, 3.63) is 59.7 Å². The van der Waals surface area contributed by atoms with Crippen molar-refractivity contribution in [1.82, 2.24) is 0 Å². The van der Waals surface area contributed by atoms with Crippen LogP contribution in [-0.2, 0) is 35.0 Å². The standard InChI is InChI=1S/C36H50O6/c1-4-7-8-11-26-14-16-27(17-15-26)12-9-10-13-28-18-20-29(21-19-28)30-22-24-31(25-23-30)36-41-32(34(37)39-5-2)33(42-36)35(38)40-6-3/h18-27,32-33,36H,4-17H2,1-3H3/t26?,27?,32-,33-/m1/s1. The lowest BCUT2D eigenvalue weighted by Crippen LogP contribution is -2.39. The Morgan fingerprint density at radius 3 is 1.62 bits per heavy atom. The molecular weight excluding hydrogens is 528 g/mol. The summed E-state index contributed by atoms with van der Waals surface area (Å²) in [5, 5.41) is 0. The molecular formula is C36H50O6. The molecule has 0 unspecified atom stereocenters. The molecule has 1 heterocycles. The molecule has 1 saturated heterocycles. The third-order valence-electron chi connectivity index (χ3n) is 8.83. The number of unbranched alkanes of at least 4 members (excludes halogenated alkanes) is 3. The highest BCUT2D eigenvalue weighted by molar-refractivity contribution is 5.86. The first-order chi connectivity index (χ1) is 20.5. The first-order valence-corrected chi connectivity index (χ1v) is 16.4. The first kappa shape index (κ1) is 32.2. The molecule has 0 bridgehead atoms. The van der Waals surface area contributed by atoms with Gasteiger partial charge in [0.15, 0.2) is 18.5 Å². The molecule has 4 rings (SSSR count). The molecule has 230 valence electrons. The Bertz CT molecular complexity index is 1060. The third kappa shape index (κ3) is 9.15. The predicted molar refractivity (Wildman–Crippen MR) is 165 cm³/mol. The van der Waals surface area contributed by atoms with Gasteiger partial charge in [-0.1, -0.05) is 120 Å². The molecule has 0 aromatic heterocycles. The number of aryl methyl sites for hydroxylation is 1. The van der Waals surface area contributed by atoms with Gasteiger partial charge >= 0.3 is 11.9 Å². The number of carbonyl (C=O) groups excluding carboxylic acids is 2. The van der Waals surface area contributed by atoms with E-state index in [1.807, 2.05) is 24.3 Å². The minimum absolute atomic E-state index is 0.187. The summed E-state index contributed by atoms with van der Waals surface area (Å²) in [5.41, 5.74) is 4.33. The van der Waals surface area contributed by atoms with Crippen LogP contribution >= 0.6 is 0 Å². The van der Waals surface area contributed by atoms with Crippen molar-refractivity contribution in [1.29, 1.82) is 0 Å². The monoisotopic (exact) mass is 578 g/mol. The highest BCUT2D eigenvalue weighted by Gasteiger charge is 2.47. The molecule has 0 N–H and O–H groups in total. The number of carbonyl (C=O) groups is 2. The van der Waals surface area contributed by atoms with Gasteiger partial charge in [-0.2, -0.15) is 0 Å². The molecule has 1 aliphatic carbocycles. The van der Waals surface area contributed by atoms with Gasteiger partial charge in [-0.05, 0) is 55.2 Å². The minimum atomic E-state index is -1.16. The lowest BCUT2D eigenvalue weighted by atomic mass is 9.78. The maximum atomic E-state index is 12.4. The van der Waals surface area contributed by atoms with E-state index >= 15 is 0 Å². The Kier molecular flexibility index (Phi) is 12.9. The minimum Gasteiger partial charge on any atom is -0.464 e. The molecule has 2 aromatic rings. The van der Waals surface area contributed by atoms with Gasteiger partial charge in [0, 0.05) is 5.56 Å². The number of rotatable bonds is 15. The number of ether oxygens (including phenoxy) is 4. The van der Waals surface area contributed by atoms with Gasteiger partial charge in [0.1, 0.15) is 0 Å². The second kappa shape index (κ2) is 16.8. The average molecular weight is 579 g/mol. The highest BCUT2D eigenvalue weighted by atomic mass is 16.8. The van der Waals surface area contributed by atoms with E-state index in [-0.39, 0.29) is 13.2 Å². The van der Waals surface area contributed by atoms with E-state index in [9.17, 15) is 9.59 Å². The summed E-state index contributed by atoms with van der Waals surface area (Å²) in [6.07, 6.45) is 13.4. The molecule has 42 heavy (non-hydrogen) atoms. The Balaban J connectivity index is 1.22. The van der Waals surface area contributed by atoms with Crippen molar-refractivity contribution < 1.29 is 28.5 Å². The molecule has 0 radical (unpaired) electrons. The Morgan fingerprint density at radius 1 is 0.667 bits per heavy atom. The van der Waals surface area contributed by atoms with Gasteiger partial charge in [-0.3, -0.25) is 0 Å². The smallest absolute Gasteiger partial charge is 0.338 e. The third-order valence-corrected chi connectivity index (χ3v) is 8.83. The van der Waals surface area contributed by atoms with Crippen LogP contribution in [-0.4, -0.2) is 37.4 Å². The second-order valence-corrected chi connectivity index (χ2v) is 11.9. The summed E-state index contributed by atoms with van der Waals surface area (Å²) in [7, 11) is 0. The second-order valence-electron chi connectivity index (χ2n) is 11.9. The molecule has 2 aliphatic rings. The van der Waals surface area contributed by atoms with E-state index in [0.717, 1.165) is 34.9 Å². The van der Waals surface area contributed by atoms with Crippen molar-refractivity contribution >= 4 is 11.9 Å². The van der Waals surface area contributed by atoms with Crippen LogP contribution in [0.15, 0.2) is 48.5 Å². The van der Waals surface area contributed by atoms with E-state index in [0.29, 0.717) is 0 Å². The van der Waals surface area contributed by atoms with Crippen LogP contribution in [0.2, 0.25) is 0 Å². The fraction of sp³-hybridized carbons (Fsp3) is 0.611. The normalized spacial score (nSPS) is 22.6. The van der Waals surface area contributed by atoms with Crippen LogP contribution in [0.25, 0.3) is 11.1 Å². The topological polar surface area (TPSA) is 71.1 Å². The molecule has 1 aliphatic heterocycles. The van der Waals surface area contributed by atoms with Gasteiger partial charge in [-0.25, -0.2) is 9.59 Å². The summed E-state index contributed by atoms with van der Waals surface area (Å²) in [4.78, 5) is 24.8. The van der Waals surface area contributed by atoms with Crippen molar-refractivity contribution in [2.24, 2.45) is 11.8 Å². The summed E-state index contributed by atoms with van der Waals surface area (Å²) < 4.78 is 21.8. The number of benzene rings is 2. The number of hydrogen-bond donors (Lipinski definition) is 0. The van der Waals surface area contributed by atoms with E-state index in [2.05, 4.69) is 31.2 Å². The molecule has 0 spiro atoms. The average Bonchev–Trinajstić information content (AvgIpc) is 3.47. The van der Waals surface area contributed by atoms with Crippen LogP contribution in [0, 0.1) is 11.8 Å². The van der Waals surface area contributed by atoms with Crippen LogP contribution in [0.1, 0.15) is 109 Å². The molecule has 2 atom stereocenters. The van der Waals surface area contributed by atoms with Crippen LogP contribution < -0.4 is 0 Å². The quantitative estimate of drug-likeness (QED) is 0.156. The van der Waals surface area contributed by atoms with Crippen molar-refractivity contribution in [2.75, 3.05) is 13.2 Å².